The molecule has 0 saturated heterocycles. The van der Waals surface area contributed by atoms with Crippen molar-refractivity contribution in [2.24, 2.45) is 7.05 Å². The van der Waals surface area contributed by atoms with Gasteiger partial charge >= 0.3 is 12.2 Å². The number of aryl methyl sites for hydroxylation is 1. The Balaban J connectivity index is 0.000000221. The van der Waals surface area contributed by atoms with Crippen molar-refractivity contribution in [3.05, 3.63) is 89.5 Å². The number of imidazole rings is 2. The predicted molar refractivity (Wildman–Crippen MR) is 230 cm³/mol. The molecule has 2 aliphatic heterocycles. The van der Waals surface area contributed by atoms with Crippen LogP contribution in [0.5, 0.6) is 0 Å². The first-order valence-electron chi connectivity index (χ1n) is 19.8. The summed E-state index contributed by atoms with van der Waals surface area (Å²) in [6, 6.07) is 11.6. The second-order valence-electron chi connectivity index (χ2n) is 16.7. The number of hydrogen-bond acceptors (Lipinski definition) is 8. The topological polar surface area (TPSA) is 143 Å². The number of rotatable bonds is 7. The van der Waals surface area contributed by atoms with Gasteiger partial charge in [-0.05, 0) is 127 Å². The SMILES string of the molecule is CC(=O)Cc1ccc2c(c1)/C(=C/c1cn(C)cn1)CCN2C(=O)OC(C)(C)C.CCCN(C(C)=O)c1ccc2c(c1)/C(=C/c1cnc[nH]1)CCN2C(=O)OC(C)(C)C. The van der Waals surface area contributed by atoms with Gasteiger partial charge in [0.25, 0.3) is 0 Å². The number of ether oxygens (including phenoxy) is 2. The fraction of sp³-hybridized carbons (Fsp3) is 0.422. The number of nitrogens with one attached hydrogen (secondary N) is 1. The van der Waals surface area contributed by atoms with Crippen LogP contribution in [0.25, 0.3) is 23.3 Å². The van der Waals surface area contributed by atoms with Gasteiger partial charge in [-0.3, -0.25) is 19.4 Å². The van der Waals surface area contributed by atoms with Gasteiger partial charge in [0.15, 0.2) is 0 Å². The lowest BCUT2D eigenvalue weighted by Crippen LogP contribution is -2.39. The summed E-state index contributed by atoms with van der Waals surface area (Å²) < 4.78 is 13.1. The van der Waals surface area contributed by atoms with Crippen LogP contribution in [0.4, 0.5) is 26.7 Å². The molecule has 1 N–H and O–H groups in total. The Kier molecular flexibility index (Phi) is 13.5. The molecule has 0 saturated carbocycles. The molecular formula is C45H57N7O6. The van der Waals surface area contributed by atoms with E-state index in [0.717, 1.165) is 62.7 Å². The summed E-state index contributed by atoms with van der Waals surface area (Å²) in [5.41, 5.74) is 8.01. The first-order valence-corrected chi connectivity index (χ1v) is 19.8. The normalized spacial score (nSPS) is 15.3. The summed E-state index contributed by atoms with van der Waals surface area (Å²) in [5.74, 6) is 0.103. The maximum atomic E-state index is 12.8. The van der Waals surface area contributed by atoms with E-state index in [1.807, 2.05) is 115 Å². The number of aromatic amines is 1. The van der Waals surface area contributed by atoms with Crippen molar-refractivity contribution in [1.29, 1.82) is 0 Å². The van der Waals surface area contributed by atoms with Gasteiger partial charge in [0.1, 0.15) is 17.0 Å². The van der Waals surface area contributed by atoms with Crippen LogP contribution in [0, 0.1) is 0 Å². The zero-order valence-electron chi connectivity index (χ0n) is 35.5. The van der Waals surface area contributed by atoms with E-state index in [9.17, 15) is 19.2 Å². The molecule has 4 aromatic rings. The number of fused-ring (bicyclic) bond motifs is 2. The van der Waals surface area contributed by atoms with Crippen LogP contribution < -0.4 is 14.7 Å². The van der Waals surface area contributed by atoms with Gasteiger partial charge in [-0.1, -0.05) is 13.0 Å². The highest BCUT2D eigenvalue weighted by Gasteiger charge is 2.31. The Morgan fingerprint density at radius 3 is 1.93 bits per heavy atom. The van der Waals surface area contributed by atoms with Crippen molar-refractivity contribution in [3.8, 4) is 0 Å². The van der Waals surface area contributed by atoms with Crippen molar-refractivity contribution in [3.63, 3.8) is 0 Å². The molecule has 308 valence electrons. The van der Waals surface area contributed by atoms with Gasteiger partial charge in [-0.25, -0.2) is 19.6 Å². The molecule has 0 fully saturated rings. The summed E-state index contributed by atoms with van der Waals surface area (Å²) in [5, 5.41) is 0. The molecule has 2 aromatic carbocycles. The number of H-pyrrole nitrogens is 1. The standard InChI is InChI=1S/C23H30N4O3.C22H27N3O3/c1-6-10-26(16(2)28)19-7-8-21-20(13-19)17(12-18-14-24-15-25-18)9-11-27(21)22(29)30-23(3,4)5;1-15(26)10-16-6-7-20-19(11-16)17(12-18-13-24(5)14-23-18)8-9-25(20)21(27)28-22(2,3)4/h7-8,12-15H,6,9-11H2,1-5H3,(H,24,25);6-7,11-14H,8-10H2,1-5H3/b2*17-12+. The zero-order valence-corrected chi connectivity index (χ0v) is 35.5. The smallest absolute Gasteiger partial charge is 0.414 e. The summed E-state index contributed by atoms with van der Waals surface area (Å²) in [6.45, 7) is 18.0. The van der Waals surface area contributed by atoms with Crippen molar-refractivity contribution in [2.45, 2.75) is 99.2 Å². The van der Waals surface area contributed by atoms with Crippen LogP contribution >= 0.6 is 0 Å². The van der Waals surface area contributed by atoms with Crippen molar-refractivity contribution in [1.82, 2.24) is 19.5 Å². The third-order valence-electron chi connectivity index (χ3n) is 9.24. The first-order chi connectivity index (χ1) is 27.3. The maximum Gasteiger partial charge on any atom is 0.414 e. The number of benzene rings is 2. The average Bonchev–Trinajstić information content (AvgIpc) is 3.80. The average molecular weight is 792 g/mol. The van der Waals surface area contributed by atoms with Gasteiger partial charge in [-0.15, -0.1) is 0 Å². The summed E-state index contributed by atoms with van der Waals surface area (Å²) >= 11 is 0. The Morgan fingerprint density at radius 2 is 1.43 bits per heavy atom. The van der Waals surface area contributed by atoms with Crippen molar-refractivity contribution in [2.75, 3.05) is 34.3 Å². The van der Waals surface area contributed by atoms with Gasteiger partial charge in [-0.2, -0.15) is 0 Å². The molecule has 2 aliphatic rings. The second-order valence-corrected chi connectivity index (χ2v) is 16.7. The minimum Gasteiger partial charge on any atom is -0.443 e. The number of hydrogen-bond donors (Lipinski definition) is 1. The molecule has 13 heteroatoms. The number of amides is 3. The van der Waals surface area contributed by atoms with Gasteiger partial charge < -0.3 is 23.9 Å². The molecule has 0 atom stereocenters. The summed E-state index contributed by atoms with van der Waals surface area (Å²) in [7, 11) is 1.93. The first kappa shape index (κ1) is 43.1. The van der Waals surface area contributed by atoms with E-state index in [4.69, 9.17) is 9.47 Å². The number of carbonyl (C=O) groups excluding carboxylic acids is 4. The number of Topliss-reactive ketones (excluding diaryl/α,β-unsaturated/α-hetero) is 1. The van der Waals surface area contributed by atoms with Crippen LogP contribution in [-0.4, -0.2) is 74.2 Å². The largest absolute Gasteiger partial charge is 0.443 e. The lowest BCUT2D eigenvalue weighted by molar-refractivity contribution is -0.117. The molecule has 0 aliphatic carbocycles. The Hall–Kier alpha value is -5.98. The third-order valence-corrected chi connectivity index (χ3v) is 9.24. The molecule has 2 aromatic heterocycles. The van der Waals surface area contributed by atoms with Gasteiger partial charge in [0, 0.05) is 63.0 Å². The van der Waals surface area contributed by atoms with Crippen LogP contribution in [0.1, 0.15) is 110 Å². The second kappa shape index (κ2) is 18.1. The quantitative estimate of drug-likeness (QED) is 0.195. The number of carbonyl (C=O) groups is 4. The number of aromatic nitrogens is 4. The number of nitrogens with zero attached hydrogens (tertiary/aromatic N) is 6. The Labute approximate surface area is 341 Å². The molecule has 0 unspecified atom stereocenters. The summed E-state index contributed by atoms with van der Waals surface area (Å²) in [6.07, 6.45) is 13.1. The lowest BCUT2D eigenvalue weighted by Gasteiger charge is -2.33. The highest BCUT2D eigenvalue weighted by molar-refractivity contribution is 6.00. The van der Waals surface area contributed by atoms with Gasteiger partial charge in [0.05, 0.1) is 41.6 Å². The van der Waals surface area contributed by atoms with Crippen LogP contribution in [0.15, 0.2) is 61.4 Å². The van der Waals surface area contributed by atoms with Crippen molar-refractivity contribution < 1.29 is 28.7 Å². The van der Waals surface area contributed by atoms with Crippen LogP contribution in [0.3, 0.4) is 0 Å². The lowest BCUT2D eigenvalue weighted by atomic mass is 9.92. The van der Waals surface area contributed by atoms with E-state index in [-0.39, 0.29) is 23.9 Å². The minimum absolute atomic E-state index is 0.00398. The fourth-order valence-electron chi connectivity index (χ4n) is 6.86. The molecule has 0 bridgehead atoms. The molecular weight excluding hydrogens is 735 g/mol. The molecule has 3 amide bonds. The maximum absolute atomic E-state index is 12.8. The predicted octanol–water partition coefficient (Wildman–Crippen LogP) is 9.10. The molecule has 0 spiro atoms. The molecule has 6 rings (SSSR count). The summed E-state index contributed by atoms with van der Waals surface area (Å²) in [4.78, 5) is 66.0. The Bertz CT molecular complexity index is 2190. The monoisotopic (exact) mass is 791 g/mol. The van der Waals surface area contributed by atoms with E-state index < -0.39 is 11.2 Å². The molecule has 0 radical (unpaired) electrons. The van der Waals surface area contributed by atoms with E-state index in [0.29, 0.717) is 38.9 Å². The molecule has 4 heterocycles. The number of ketones is 1. The highest BCUT2D eigenvalue weighted by atomic mass is 16.6. The highest BCUT2D eigenvalue weighted by Crippen LogP contribution is 2.40. The van der Waals surface area contributed by atoms with Gasteiger partial charge in [0.2, 0.25) is 5.91 Å². The molecule has 13 nitrogen and oxygen atoms in total. The van der Waals surface area contributed by atoms with E-state index >= 15 is 0 Å². The van der Waals surface area contributed by atoms with Crippen LogP contribution in [0.2, 0.25) is 0 Å². The fourth-order valence-corrected chi connectivity index (χ4v) is 6.86. The van der Waals surface area contributed by atoms with Crippen molar-refractivity contribution >= 4 is 64.2 Å². The third kappa shape index (κ3) is 11.3. The Morgan fingerprint density at radius 1 is 0.845 bits per heavy atom. The van der Waals surface area contributed by atoms with E-state index in [2.05, 4.69) is 15.0 Å². The van der Waals surface area contributed by atoms with Crippen LogP contribution in [-0.2, 0) is 32.5 Å². The van der Waals surface area contributed by atoms with E-state index in [1.54, 1.807) is 47.4 Å². The zero-order chi connectivity index (χ0) is 42.4. The minimum atomic E-state index is -0.574. The number of anilines is 3. The molecule has 58 heavy (non-hydrogen) atoms. The van der Waals surface area contributed by atoms with E-state index in [1.165, 1.54) is 0 Å².